The number of halogens is 1. The molecule has 2 aromatic rings. The maximum atomic E-state index is 14.0. The summed E-state index contributed by atoms with van der Waals surface area (Å²) in [7, 11) is 0. The zero-order valence-corrected chi connectivity index (χ0v) is 12.3. The first-order valence-electron chi connectivity index (χ1n) is 6.98. The Morgan fingerprint density at radius 1 is 1.05 bits per heavy atom. The van der Waals surface area contributed by atoms with Crippen LogP contribution in [0.15, 0.2) is 36.4 Å². The Bertz CT molecular complexity index is 581. The number of aryl methyl sites for hydroxylation is 4. The maximum Gasteiger partial charge on any atom is 0.129 e. The van der Waals surface area contributed by atoms with Gasteiger partial charge in [-0.05, 0) is 61.9 Å². The van der Waals surface area contributed by atoms with E-state index in [0.29, 0.717) is 12.0 Å². The highest BCUT2D eigenvalue weighted by Gasteiger charge is 2.16. The number of hydrogen-bond donors (Lipinski definition) is 1. The Balaban J connectivity index is 2.13. The second-order valence-corrected chi connectivity index (χ2v) is 5.46. The van der Waals surface area contributed by atoms with Crippen LogP contribution in [-0.2, 0) is 6.42 Å². The van der Waals surface area contributed by atoms with Crippen molar-refractivity contribution < 1.29 is 9.50 Å². The van der Waals surface area contributed by atoms with Crippen LogP contribution in [0, 0.1) is 26.6 Å². The van der Waals surface area contributed by atoms with Crippen molar-refractivity contribution >= 4 is 0 Å². The lowest BCUT2D eigenvalue weighted by Crippen LogP contribution is -2.06. The van der Waals surface area contributed by atoms with E-state index in [2.05, 4.69) is 19.1 Å². The van der Waals surface area contributed by atoms with Crippen molar-refractivity contribution in [1.29, 1.82) is 0 Å². The summed E-state index contributed by atoms with van der Waals surface area (Å²) < 4.78 is 14.0. The number of aliphatic hydroxyl groups excluding tert-OH is 1. The molecule has 0 aliphatic heterocycles. The third kappa shape index (κ3) is 3.26. The molecule has 1 nitrogen and oxygen atoms in total. The van der Waals surface area contributed by atoms with Crippen LogP contribution in [0.5, 0.6) is 0 Å². The van der Waals surface area contributed by atoms with Gasteiger partial charge in [0.15, 0.2) is 0 Å². The van der Waals surface area contributed by atoms with Crippen LogP contribution in [0.1, 0.15) is 40.3 Å². The fourth-order valence-electron chi connectivity index (χ4n) is 2.68. The topological polar surface area (TPSA) is 20.2 Å². The second kappa shape index (κ2) is 6.19. The molecule has 0 radical (unpaired) electrons. The lowest BCUT2D eigenvalue weighted by atomic mass is 9.95. The standard InChI is InChI=1S/C18H21FO/c1-12-10-14(3)18(16(19)11-12)17(20)9-8-15-7-5-4-6-13(15)2/h4-7,10-11,17,20H,8-9H2,1-3H3. The highest BCUT2D eigenvalue weighted by molar-refractivity contribution is 5.34. The van der Waals surface area contributed by atoms with Crippen molar-refractivity contribution in [2.45, 2.75) is 39.7 Å². The fraction of sp³-hybridized carbons (Fsp3) is 0.333. The van der Waals surface area contributed by atoms with E-state index >= 15 is 0 Å². The smallest absolute Gasteiger partial charge is 0.129 e. The minimum Gasteiger partial charge on any atom is -0.388 e. The molecule has 0 aromatic heterocycles. The average Bonchev–Trinajstić information content (AvgIpc) is 2.36. The highest BCUT2D eigenvalue weighted by atomic mass is 19.1. The van der Waals surface area contributed by atoms with E-state index in [4.69, 9.17) is 0 Å². The third-order valence-corrected chi connectivity index (χ3v) is 3.76. The monoisotopic (exact) mass is 272 g/mol. The molecule has 20 heavy (non-hydrogen) atoms. The summed E-state index contributed by atoms with van der Waals surface area (Å²) in [6.07, 6.45) is 0.530. The largest absolute Gasteiger partial charge is 0.388 e. The Labute approximate surface area is 120 Å². The summed E-state index contributed by atoms with van der Waals surface area (Å²) in [4.78, 5) is 0. The van der Waals surface area contributed by atoms with Crippen molar-refractivity contribution in [3.63, 3.8) is 0 Å². The molecule has 2 heteroatoms. The zero-order chi connectivity index (χ0) is 14.7. The van der Waals surface area contributed by atoms with Crippen LogP contribution in [-0.4, -0.2) is 5.11 Å². The Morgan fingerprint density at radius 3 is 2.40 bits per heavy atom. The normalized spacial score (nSPS) is 12.4. The first-order chi connectivity index (χ1) is 9.49. The predicted octanol–water partition coefficient (Wildman–Crippen LogP) is 4.42. The zero-order valence-electron chi connectivity index (χ0n) is 12.3. The van der Waals surface area contributed by atoms with Gasteiger partial charge in [-0.1, -0.05) is 30.3 Å². The van der Waals surface area contributed by atoms with E-state index in [0.717, 1.165) is 17.5 Å². The molecule has 1 N–H and O–H groups in total. The van der Waals surface area contributed by atoms with Crippen LogP contribution in [0.3, 0.4) is 0 Å². The van der Waals surface area contributed by atoms with E-state index in [1.54, 1.807) is 0 Å². The number of rotatable bonds is 4. The van der Waals surface area contributed by atoms with Crippen molar-refractivity contribution in [1.82, 2.24) is 0 Å². The molecule has 106 valence electrons. The molecule has 0 amide bonds. The van der Waals surface area contributed by atoms with Gasteiger partial charge in [-0.15, -0.1) is 0 Å². The molecular weight excluding hydrogens is 251 g/mol. The predicted molar refractivity (Wildman–Crippen MR) is 80.3 cm³/mol. The van der Waals surface area contributed by atoms with Gasteiger partial charge in [0.1, 0.15) is 5.82 Å². The maximum absolute atomic E-state index is 14.0. The van der Waals surface area contributed by atoms with E-state index in [-0.39, 0.29) is 5.82 Å². The molecule has 1 atom stereocenters. The molecule has 0 aliphatic carbocycles. The van der Waals surface area contributed by atoms with E-state index < -0.39 is 6.10 Å². The van der Waals surface area contributed by atoms with E-state index in [1.165, 1.54) is 17.2 Å². The molecular formula is C18H21FO. The lowest BCUT2D eigenvalue weighted by molar-refractivity contribution is 0.162. The summed E-state index contributed by atoms with van der Waals surface area (Å²) in [5.74, 6) is -0.306. The van der Waals surface area contributed by atoms with Gasteiger partial charge in [0.25, 0.3) is 0 Å². The quantitative estimate of drug-likeness (QED) is 0.873. The van der Waals surface area contributed by atoms with Gasteiger partial charge in [-0.25, -0.2) is 4.39 Å². The Morgan fingerprint density at radius 2 is 1.75 bits per heavy atom. The van der Waals surface area contributed by atoms with Gasteiger partial charge in [-0.3, -0.25) is 0 Å². The van der Waals surface area contributed by atoms with Gasteiger partial charge < -0.3 is 5.11 Å². The molecule has 2 aromatic carbocycles. The second-order valence-electron chi connectivity index (χ2n) is 5.46. The molecule has 1 unspecified atom stereocenters. The first-order valence-corrected chi connectivity index (χ1v) is 6.98. The van der Waals surface area contributed by atoms with Gasteiger partial charge in [-0.2, -0.15) is 0 Å². The van der Waals surface area contributed by atoms with Gasteiger partial charge >= 0.3 is 0 Å². The summed E-state index contributed by atoms with van der Waals surface area (Å²) in [5, 5.41) is 10.3. The number of hydrogen-bond acceptors (Lipinski definition) is 1. The van der Waals surface area contributed by atoms with Gasteiger partial charge in [0.05, 0.1) is 6.10 Å². The average molecular weight is 272 g/mol. The molecule has 0 spiro atoms. The summed E-state index contributed by atoms with van der Waals surface area (Å²) in [6.45, 7) is 5.77. The Hall–Kier alpha value is -1.67. The molecule has 0 aliphatic rings. The minimum atomic E-state index is -0.754. The SMILES string of the molecule is Cc1cc(C)c(C(O)CCc2ccccc2C)c(F)c1. The molecule has 0 heterocycles. The van der Waals surface area contributed by atoms with Crippen LogP contribution >= 0.6 is 0 Å². The first kappa shape index (κ1) is 14.7. The molecule has 2 rings (SSSR count). The van der Waals surface area contributed by atoms with Crippen LogP contribution in [0.4, 0.5) is 4.39 Å². The molecule has 0 bridgehead atoms. The van der Waals surface area contributed by atoms with Gasteiger partial charge in [0, 0.05) is 5.56 Å². The number of benzene rings is 2. The summed E-state index contributed by atoms with van der Waals surface area (Å²) >= 11 is 0. The third-order valence-electron chi connectivity index (χ3n) is 3.76. The van der Waals surface area contributed by atoms with Crippen molar-refractivity contribution in [3.05, 3.63) is 70.0 Å². The number of aliphatic hydroxyl groups is 1. The molecule has 0 saturated carbocycles. The minimum absolute atomic E-state index is 0.306. The van der Waals surface area contributed by atoms with Crippen molar-refractivity contribution in [2.24, 2.45) is 0 Å². The Kier molecular flexibility index (Phi) is 4.56. The lowest BCUT2D eigenvalue weighted by Gasteiger charge is -2.16. The summed E-state index contributed by atoms with van der Waals surface area (Å²) in [5.41, 5.74) is 4.55. The van der Waals surface area contributed by atoms with Crippen LogP contribution in [0.25, 0.3) is 0 Å². The van der Waals surface area contributed by atoms with Gasteiger partial charge in [0.2, 0.25) is 0 Å². The molecule has 0 fully saturated rings. The fourth-order valence-corrected chi connectivity index (χ4v) is 2.68. The summed E-state index contributed by atoms with van der Waals surface area (Å²) in [6, 6.07) is 11.5. The van der Waals surface area contributed by atoms with E-state index in [9.17, 15) is 9.50 Å². The van der Waals surface area contributed by atoms with Crippen LogP contribution in [0.2, 0.25) is 0 Å². The van der Waals surface area contributed by atoms with Crippen LogP contribution < -0.4 is 0 Å². The van der Waals surface area contributed by atoms with Crippen molar-refractivity contribution in [2.75, 3.05) is 0 Å². The highest BCUT2D eigenvalue weighted by Crippen LogP contribution is 2.26. The molecule has 0 saturated heterocycles. The van der Waals surface area contributed by atoms with E-state index in [1.807, 2.05) is 32.0 Å². The van der Waals surface area contributed by atoms with Crippen molar-refractivity contribution in [3.8, 4) is 0 Å².